The van der Waals surface area contributed by atoms with Gasteiger partial charge in [-0.2, -0.15) is 0 Å². The first-order chi connectivity index (χ1) is 16.3. The van der Waals surface area contributed by atoms with Crippen molar-refractivity contribution in [3.05, 3.63) is 71.8 Å². The standard InChI is InChI=1S/C24H28BN8/c1-2-17(1)21-9-13-30(26-21)25(31-14-10-22(27-31)18-3-4-18,32-15-11-23(28-32)19-5-6-19)33-16-12-24(29-33)20-7-8-20/h9-20H,1-8H2/q-1. The van der Waals surface area contributed by atoms with Crippen molar-refractivity contribution in [2.24, 2.45) is 0 Å². The molecule has 4 heterocycles. The molecule has 0 atom stereocenters. The van der Waals surface area contributed by atoms with Crippen molar-refractivity contribution in [3.63, 3.8) is 0 Å². The van der Waals surface area contributed by atoms with Crippen molar-refractivity contribution < 1.29 is 0 Å². The van der Waals surface area contributed by atoms with Gasteiger partial charge >= 0.3 is 6.69 Å². The monoisotopic (exact) mass is 439 g/mol. The smallest absolute Gasteiger partial charge is 0.379 e. The number of hydrogen-bond donors (Lipinski definition) is 0. The van der Waals surface area contributed by atoms with E-state index in [1.165, 1.54) is 74.1 Å². The minimum atomic E-state index is -1.91. The Hall–Kier alpha value is -3.10. The maximum absolute atomic E-state index is 5.15. The molecule has 8 rings (SSSR count). The van der Waals surface area contributed by atoms with Gasteiger partial charge in [0.1, 0.15) is 0 Å². The van der Waals surface area contributed by atoms with Crippen LogP contribution in [0.4, 0.5) is 0 Å². The normalized spacial score (nSPS) is 21.1. The summed E-state index contributed by atoms with van der Waals surface area (Å²) >= 11 is 0. The fraction of sp³-hybridized carbons (Fsp3) is 0.500. The number of rotatable bonds is 8. The number of hydrogen-bond acceptors (Lipinski definition) is 4. The highest BCUT2D eigenvalue weighted by Gasteiger charge is 2.43. The van der Waals surface area contributed by atoms with Gasteiger partial charge in [-0.05, 0) is 100 Å². The highest BCUT2D eigenvalue weighted by atomic mass is 15.6. The molecular formula is C24H28BN8-. The zero-order valence-electron chi connectivity index (χ0n) is 18.7. The van der Waals surface area contributed by atoms with Gasteiger partial charge in [0.2, 0.25) is 0 Å². The molecule has 168 valence electrons. The van der Waals surface area contributed by atoms with Crippen LogP contribution in [0.25, 0.3) is 0 Å². The van der Waals surface area contributed by atoms with Crippen LogP contribution in [-0.4, -0.2) is 45.5 Å². The van der Waals surface area contributed by atoms with E-state index in [1.54, 1.807) is 0 Å². The summed E-state index contributed by atoms with van der Waals surface area (Å²) in [6.07, 6.45) is 18.3. The molecule has 0 radical (unpaired) electrons. The van der Waals surface area contributed by atoms with E-state index < -0.39 is 6.69 Å². The minimum Gasteiger partial charge on any atom is -0.379 e. The van der Waals surface area contributed by atoms with Crippen molar-refractivity contribution in [3.8, 4) is 0 Å². The molecule has 0 aliphatic heterocycles. The molecule has 4 aliphatic carbocycles. The fourth-order valence-corrected chi connectivity index (χ4v) is 5.30. The van der Waals surface area contributed by atoms with E-state index in [-0.39, 0.29) is 0 Å². The van der Waals surface area contributed by atoms with Crippen LogP contribution in [0.15, 0.2) is 49.1 Å². The molecule has 0 unspecified atom stereocenters. The van der Waals surface area contributed by atoms with Gasteiger partial charge in [-0.15, -0.1) is 0 Å². The molecule has 0 saturated heterocycles. The summed E-state index contributed by atoms with van der Waals surface area (Å²) in [5, 5.41) is 20.6. The maximum Gasteiger partial charge on any atom is 0.466 e. The Kier molecular flexibility index (Phi) is 3.61. The Bertz CT molecular complexity index is 1120. The van der Waals surface area contributed by atoms with Gasteiger partial charge in [0.05, 0.1) is 22.8 Å². The van der Waals surface area contributed by atoms with Crippen LogP contribution in [-0.2, 0) is 0 Å². The zero-order chi connectivity index (χ0) is 21.6. The van der Waals surface area contributed by atoms with Crippen molar-refractivity contribution in [1.82, 2.24) is 38.8 Å². The highest BCUT2D eigenvalue weighted by Crippen LogP contribution is 2.42. The van der Waals surface area contributed by atoms with E-state index >= 15 is 0 Å². The van der Waals surface area contributed by atoms with Gasteiger partial charge < -0.3 is 18.4 Å². The molecule has 0 amide bonds. The van der Waals surface area contributed by atoms with Gasteiger partial charge in [-0.3, -0.25) is 0 Å². The van der Waals surface area contributed by atoms with Crippen LogP contribution in [0.1, 0.15) is 97.8 Å². The largest absolute Gasteiger partial charge is 0.466 e. The van der Waals surface area contributed by atoms with Crippen LogP contribution in [0, 0.1) is 0 Å². The van der Waals surface area contributed by atoms with E-state index in [0.717, 1.165) is 0 Å². The molecular weight excluding hydrogens is 411 g/mol. The molecule has 33 heavy (non-hydrogen) atoms. The van der Waals surface area contributed by atoms with E-state index in [0.29, 0.717) is 23.7 Å². The summed E-state index contributed by atoms with van der Waals surface area (Å²) in [5.74, 6) is 2.33. The molecule has 4 aliphatic rings. The van der Waals surface area contributed by atoms with Crippen LogP contribution in [0.3, 0.4) is 0 Å². The summed E-state index contributed by atoms with van der Waals surface area (Å²) in [6, 6.07) is 8.71. The summed E-state index contributed by atoms with van der Waals surface area (Å²) in [6.45, 7) is -1.91. The van der Waals surface area contributed by atoms with Crippen molar-refractivity contribution in [2.45, 2.75) is 75.0 Å². The van der Waals surface area contributed by atoms with Crippen LogP contribution < -0.4 is 0 Å². The molecule has 0 bridgehead atoms. The molecule has 0 N–H and O–H groups in total. The molecule has 0 spiro atoms. The highest BCUT2D eigenvalue weighted by molar-refractivity contribution is 6.72. The lowest BCUT2D eigenvalue weighted by Crippen LogP contribution is -2.65. The summed E-state index contributed by atoms with van der Waals surface area (Å²) in [5.41, 5.74) is 4.67. The second kappa shape index (κ2) is 6.49. The Morgan fingerprint density at radius 3 is 0.909 bits per heavy atom. The van der Waals surface area contributed by atoms with Crippen molar-refractivity contribution >= 4 is 6.69 Å². The van der Waals surface area contributed by atoms with Gasteiger partial charge in [0.15, 0.2) is 0 Å². The lowest BCUT2D eigenvalue weighted by Gasteiger charge is -2.41. The van der Waals surface area contributed by atoms with Crippen LogP contribution in [0.2, 0.25) is 0 Å². The second-order valence-corrected chi connectivity index (χ2v) is 10.7. The second-order valence-electron chi connectivity index (χ2n) is 10.7. The first-order valence-electron chi connectivity index (χ1n) is 12.7. The van der Waals surface area contributed by atoms with E-state index in [2.05, 4.69) is 67.4 Å². The Balaban J connectivity index is 1.37. The number of nitrogens with zero attached hydrogens (tertiary/aromatic N) is 8. The quantitative estimate of drug-likeness (QED) is 0.391. The molecule has 4 aromatic rings. The van der Waals surface area contributed by atoms with E-state index in [1.807, 2.05) is 0 Å². The summed E-state index contributed by atoms with van der Waals surface area (Å²) in [4.78, 5) is 0. The van der Waals surface area contributed by atoms with Gasteiger partial charge in [0, 0.05) is 23.7 Å². The van der Waals surface area contributed by atoms with Crippen molar-refractivity contribution in [1.29, 1.82) is 0 Å². The zero-order valence-corrected chi connectivity index (χ0v) is 18.7. The Morgan fingerprint density at radius 1 is 0.455 bits per heavy atom. The first-order valence-corrected chi connectivity index (χ1v) is 12.7. The lowest BCUT2D eigenvalue weighted by molar-refractivity contribution is 0.639. The van der Waals surface area contributed by atoms with Gasteiger partial charge in [0.25, 0.3) is 0 Å². The van der Waals surface area contributed by atoms with E-state index in [9.17, 15) is 0 Å². The number of aromatic nitrogens is 8. The van der Waals surface area contributed by atoms with Gasteiger partial charge in [-0.1, -0.05) is 0 Å². The SMILES string of the molecule is c1cn([B-](n2ccc(C3CC3)n2)(n2ccc(C3CC3)n2)n2ccc(C3CC3)n2)nc1C1CC1. The van der Waals surface area contributed by atoms with Crippen LogP contribution in [0.5, 0.6) is 0 Å². The van der Waals surface area contributed by atoms with E-state index in [4.69, 9.17) is 20.4 Å². The molecule has 4 saturated carbocycles. The van der Waals surface area contributed by atoms with Crippen LogP contribution >= 0.6 is 0 Å². The summed E-state index contributed by atoms with van der Waals surface area (Å²) < 4.78 is 8.35. The predicted molar refractivity (Wildman–Crippen MR) is 124 cm³/mol. The molecule has 4 fully saturated rings. The van der Waals surface area contributed by atoms with Crippen molar-refractivity contribution in [2.75, 3.05) is 0 Å². The molecule has 0 aromatic carbocycles. The third kappa shape index (κ3) is 2.90. The third-order valence-electron chi connectivity index (χ3n) is 7.92. The van der Waals surface area contributed by atoms with Gasteiger partial charge in [-0.25, -0.2) is 20.4 Å². The average Bonchev–Trinajstić information content (AvgIpc) is 3.73. The third-order valence-corrected chi connectivity index (χ3v) is 7.92. The summed E-state index contributed by atoms with van der Waals surface area (Å²) in [7, 11) is 0. The minimum absolute atomic E-state index is 0.582. The fourth-order valence-electron chi connectivity index (χ4n) is 5.30. The molecule has 9 heteroatoms. The Morgan fingerprint density at radius 2 is 0.697 bits per heavy atom. The average molecular weight is 439 g/mol. The maximum atomic E-state index is 5.15. The Labute approximate surface area is 192 Å². The predicted octanol–water partition coefficient (Wildman–Crippen LogP) is 3.91. The first kappa shape index (κ1) is 18.3. The molecule has 4 aromatic heterocycles. The topological polar surface area (TPSA) is 71.3 Å². The lowest BCUT2D eigenvalue weighted by atomic mass is 9.75. The molecule has 8 nitrogen and oxygen atoms in total.